The fourth-order valence-corrected chi connectivity index (χ4v) is 2.96. The van der Waals surface area contributed by atoms with Gasteiger partial charge in [-0.05, 0) is 52.2 Å². The number of anilines is 1. The van der Waals surface area contributed by atoms with Gasteiger partial charge >= 0.3 is 5.97 Å². The van der Waals surface area contributed by atoms with Gasteiger partial charge in [-0.2, -0.15) is 0 Å². The summed E-state index contributed by atoms with van der Waals surface area (Å²) in [5.41, 5.74) is 3.65. The van der Waals surface area contributed by atoms with Gasteiger partial charge in [0.2, 0.25) is 0 Å². The largest absolute Gasteiger partial charge is 0.481 e. The minimum atomic E-state index is -0.676. The first-order chi connectivity index (χ1) is 8.81. The molecule has 1 heterocycles. The summed E-state index contributed by atoms with van der Waals surface area (Å²) < 4.78 is 0. The summed E-state index contributed by atoms with van der Waals surface area (Å²) in [6.07, 6.45) is 1.68. The molecule has 19 heavy (non-hydrogen) atoms. The molecule has 3 nitrogen and oxygen atoms in total. The number of carbonyl (C=O) groups is 1. The molecule has 1 aliphatic heterocycles. The summed E-state index contributed by atoms with van der Waals surface area (Å²) in [4.78, 5) is 13.5. The van der Waals surface area contributed by atoms with E-state index in [2.05, 4.69) is 50.8 Å². The Morgan fingerprint density at radius 3 is 2.63 bits per heavy atom. The van der Waals surface area contributed by atoms with E-state index in [9.17, 15) is 9.90 Å². The Hall–Kier alpha value is -1.51. The molecule has 1 aromatic carbocycles. The summed E-state index contributed by atoms with van der Waals surface area (Å²) in [7, 11) is 0. The van der Waals surface area contributed by atoms with E-state index >= 15 is 0 Å². The quantitative estimate of drug-likeness (QED) is 0.887. The Morgan fingerprint density at radius 1 is 1.37 bits per heavy atom. The minimum Gasteiger partial charge on any atom is -0.481 e. The predicted octanol–water partition coefficient (Wildman–Crippen LogP) is 3.38. The molecular weight excluding hydrogens is 238 g/mol. The summed E-state index contributed by atoms with van der Waals surface area (Å²) in [6, 6.07) is 6.38. The van der Waals surface area contributed by atoms with Crippen LogP contribution in [0.2, 0.25) is 0 Å². The predicted molar refractivity (Wildman–Crippen MR) is 77.7 cm³/mol. The number of carboxylic acid groups (broad SMARTS) is 1. The number of aryl methyl sites for hydroxylation is 2. The molecule has 1 unspecified atom stereocenters. The van der Waals surface area contributed by atoms with Gasteiger partial charge in [-0.25, -0.2) is 0 Å². The van der Waals surface area contributed by atoms with Gasteiger partial charge in [0.25, 0.3) is 0 Å². The number of benzene rings is 1. The number of aliphatic carboxylic acids is 1. The van der Waals surface area contributed by atoms with Gasteiger partial charge in [-0.1, -0.05) is 17.7 Å². The molecule has 1 aromatic rings. The molecular formula is C16H23NO2. The lowest BCUT2D eigenvalue weighted by atomic mass is 9.84. The van der Waals surface area contributed by atoms with Crippen LogP contribution < -0.4 is 4.90 Å². The van der Waals surface area contributed by atoms with Crippen molar-refractivity contribution in [1.29, 1.82) is 0 Å². The summed E-state index contributed by atoms with van der Waals surface area (Å²) >= 11 is 0. The van der Waals surface area contributed by atoms with Crippen molar-refractivity contribution in [2.24, 2.45) is 5.92 Å². The van der Waals surface area contributed by atoms with Crippen LogP contribution in [0, 0.1) is 19.8 Å². The maximum absolute atomic E-state index is 11.3. The molecule has 1 aliphatic rings. The van der Waals surface area contributed by atoms with E-state index in [4.69, 9.17) is 0 Å². The van der Waals surface area contributed by atoms with Gasteiger partial charge in [0.15, 0.2) is 0 Å². The SMILES string of the molecule is Cc1ccc(N2CC(C(=O)O)CCC2(C)C)c(C)c1. The molecule has 0 spiro atoms. The van der Waals surface area contributed by atoms with Crippen molar-refractivity contribution >= 4 is 11.7 Å². The standard InChI is InChI=1S/C16H23NO2/c1-11-5-6-14(12(2)9-11)17-10-13(15(18)19)7-8-16(17,3)4/h5-6,9,13H,7-8,10H2,1-4H3,(H,18,19). The van der Waals surface area contributed by atoms with E-state index in [1.54, 1.807) is 0 Å². The van der Waals surface area contributed by atoms with E-state index in [0.717, 1.165) is 12.8 Å². The molecule has 1 fully saturated rings. The zero-order chi connectivity index (χ0) is 14.2. The highest BCUT2D eigenvalue weighted by molar-refractivity contribution is 5.72. The molecule has 0 aromatic heterocycles. The Morgan fingerprint density at radius 2 is 2.05 bits per heavy atom. The van der Waals surface area contributed by atoms with Gasteiger partial charge in [0, 0.05) is 17.8 Å². The van der Waals surface area contributed by atoms with Gasteiger partial charge in [0.1, 0.15) is 0 Å². The maximum atomic E-state index is 11.3. The van der Waals surface area contributed by atoms with Crippen LogP contribution in [0.15, 0.2) is 18.2 Å². The Balaban J connectivity index is 2.35. The second-order valence-electron chi connectivity index (χ2n) is 6.29. The number of rotatable bonds is 2. The summed E-state index contributed by atoms with van der Waals surface area (Å²) in [5, 5.41) is 9.26. The lowest BCUT2D eigenvalue weighted by Crippen LogP contribution is -2.52. The molecule has 2 rings (SSSR count). The number of hydrogen-bond donors (Lipinski definition) is 1. The average molecular weight is 261 g/mol. The van der Waals surface area contributed by atoms with Gasteiger partial charge < -0.3 is 10.0 Å². The van der Waals surface area contributed by atoms with E-state index in [0.29, 0.717) is 6.54 Å². The van der Waals surface area contributed by atoms with Crippen LogP contribution in [0.5, 0.6) is 0 Å². The molecule has 0 amide bonds. The monoisotopic (exact) mass is 261 g/mol. The highest BCUT2D eigenvalue weighted by Gasteiger charge is 2.37. The van der Waals surface area contributed by atoms with Crippen LogP contribution >= 0.6 is 0 Å². The lowest BCUT2D eigenvalue weighted by Gasteiger charge is -2.46. The zero-order valence-corrected chi connectivity index (χ0v) is 12.2. The molecule has 1 atom stereocenters. The molecule has 0 saturated carbocycles. The van der Waals surface area contributed by atoms with Crippen molar-refractivity contribution < 1.29 is 9.90 Å². The summed E-state index contributed by atoms with van der Waals surface area (Å²) in [6.45, 7) is 9.18. The van der Waals surface area contributed by atoms with Crippen molar-refractivity contribution in [2.75, 3.05) is 11.4 Å². The third-order valence-corrected chi connectivity index (χ3v) is 4.23. The molecule has 1 N–H and O–H groups in total. The topological polar surface area (TPSA) is 40.5 Å². The first-order valence-corrected chi connectivity index (χ1v) is 6.89. The molecule has 3 heteroatoms. The molecule has 0 aliphatic carbocycles. The number of hydrogen-bond acceptors (Lipinski definition) is 2. The molecule has 1 saturated heterocycles. The van der Waals surface area contributed by atoms with Crippen LogP contribution in [0.1, 0.15) is 37.8 Å². The summed E-state index contributed by atoms with van der Waals surface area (Å²) in [5.74, 6) is -0.931. The number of carboxylic acids is 1. The number of piperidine rings is 1. The second kappa shape index (κ2) is 4.87. The van der Waals surface area contributed by atoms with E-state index in [1.807, 2.05) is 0 Å². The van der Waals surface area contributed by atoms with Crippen molar-refractivity contribution in [3.05, 3.63) is 29.3 Å². The third kappa shape index (κ3) is 2.75. The fraction of sp³-hybridized carbons (Fsp3) is 0.562. The van der Waals surface area contributed by atoms with Crippen molar-refractivity contribution in [3.63, 3.8) is 0 Å². The van der Waals surface area contributed by atoms with Crippen molar-refractivity contribution in [3.8, 4) is 0 Å². The van der Waals surface area contributed by atoms with Crippen LogP contribution in [0.25, 0.3) is 0 Å². The van der Waals surface area contributed by atoms with E-state index < -0.39 is 5.97 Å². The van der Waals surface area contributed by atoms with Crippen LogP contribution in [-0.2, 0) is 4.79 Å². The normalized spacial score (nSPS) is 22.3. The zero-order valence-electron chi connectivity index (χ0n) is 12.2. The van der Waals surface area contributed by atoms with E-state index in [1.165, 1.54) is 16.8 Å². The molecule has 0 bridgehead atoms. The average Bonchev–Trinajstić information content (AvgIpc) is 2.29. The first kappa shape index (κ1) is 13.9. The van der Waals surface area contributed by atoms with Crippen molar-refractivity contribution in [1.82, 2.24) is 0 Å². The van der Waals surface area contributed by atoms with Crippen molar-refractivity contribution in [2.45, 2.75) is 46.1 Å². The maximum Gasteiger partial charge on any atom is 0.308 e. The Labute approximate surface area is 115 Å². The highest BCUT2D eigenvalue weighted by Crippen LogP contribution is 2.36. The second-order valence-corrected chi connectivity index (χ2v) is 6.29. The number of nitrogens with zero attached hydrogens (tertiary/aromatic N) is 1. The first-order valence-electron chi connectivity index (χ1n) is 6.89. The van der Waals surface area contributed by atoms with E-state index in [-0.39, 0.29) is 11.5 Å². The highest BCUT2D eigenvalue weighted by atomic mass is 16.4. The van der Waals surface area contributed by atoms with Crippen LogP contribution in [0.4, 0.5) is 5.69 Å². The fourth-order valence-electron chi connectivity index (χ4n) is 2.96. The molecule has 0 radical (unpaired) electrons. The lowest BCUT2D eigenvalue weighted by molar-refractivity contribution is -0.142. The Bertz CT molecular complexity index is 494. The molecule has 104 valence electrons. The van der Waals surface area contributed by atoms with Gasteiger partial charge in [-0.15, -0.1) is 0 Å². The minimum absolute atomic E-state index is 0.0198. The third-order valence-electron chi connectivity index (χ3n) is 4.23. The van der Waals surface area contributed by atoms with Gasteiger partial charge in [-0.3, -0.25) is 4.79 Å². The van der Waals surface area contributed by atoms with Crippen LogP contribution in [0.3, 0.4) is 0 Å². The smallest absolute Gasteiger partial charge is 0.308 e. The van der Waals surface area contributed by atoms with Crippen LogP contribution in [-0.4, -0.2) is 23.2 Å². The van der Waals surface area contributed by atoms with Gasteiger partial charge in [0.05, 0.1) is 5.92 Å². The Kier molecular flexibility index (Phi) is 3.57.